The van der Waals surface area contributed by atoms with Crippen molar-refractivity contribution >= 4 is 11.7 Å². The number of pyridine rings is 1. The Labute approximate surface area is 114 Å². The summed E-state index contributed by atoms with van der Waals surface area (Å²) < 4.78 is 0. The third-order valence-electron chi connectivity index (χ3n) is 3.90. The van der Waals surface area contributed by atoms with E-state index in [0.717, 1.165) is 0 Å². The molecule has 0 radical (unpaired) electrons. The Kier molecular flexibility index (Phi) is 4.74. The molecular weight excluding hydrogens is 240 g/mol. The van der Waals surface area contributed by atoms with Crippen LogP contribution >= 0.6 is 0 Å². The molecule has 0 aliphatic heterocycles. The van der Waals surface area contributed by atoms with Crippen LogP contribution in [0, 0.1) is 5.92 Å². The van der Waals surface area contributed by atoms with E-state index in [1.807, 2.05) is 0 Å². The maximum Gasteiger partial charge on any atom is 0.255 e. The number of carbonyl (C=O) groups excluding carboxylic acids is 1. The maximum atomic E-state index is 12.2. The Bertz CT molecular complexity index is 429. The standard InChI is InChI=1S/C14H22N4O/c1-10(11-6-3-2-4-7-11)17-14(19)12-8-5-9-16-13(12)18-15/h5,8-11H,2-4,6-7,15H2,1H3,(H,16,18)(H,17,19). The molecule has 1 unspecified atom stereocenters. The molecule has 0 bridgehead atoms. The molecule has 1 saturated carbocycles. The number of hydrogen-bond acceptors (Lipinski definition) is 4. The summed E-state index contributed by atoms with van der Waals surface area (Å²) in [7, 11) is 0. The van der Waals surface area contributed by atoms with E-state index >= 15 is 0 Å². The van der Waals surface area contributed by atoms with Gasteiger partial charge in [-0.15, -0.1) is 0 Å². The smallest absolute Gasteiger partial charge is 0.255 e. The predicted molar refractivity (Wildman–Crippen MR) is 75.6 cm³/mol. The van der Waals surface area contributed by atoms with E-state index < -0.39 is 0 Å². The molecule has 1 aliphatic rings. The highest BCUT2D eigenvalue weighted by Crippen LogP contribution is 2.26. The highest BCUT2D eigenvalue weighted by molar-refractivity contribution is 5.98. The molecule has 1 heterocycles. The van der Waals surface area contributed by atoms with Gasteiger partial charge in [-0.1, -0.05) is 19.3 Å². The molecular formula is C14H22N4O. The van der Waals surface area contributed by atoms with Gasteiger partial charge in [-0.2, -0.15) is 0 Å². The average molecular weight is 262 g/mol. The van der Waals surface area contributed by atoms with Crippen molar-refractivity contribution in [2.45, 2.75) is 45.1 Å². The first kappa shape index (κ1) is 13.8. The number of carbonyl (C=O) groups is 1. The number of hydrogen-bond donors (Lipinski definition) is 3. The van der Waals surface area contributed by atoms with Crippen LogP contribution in [0.5, 0.6) is 0 Å². The lowest BCUT2D eigenvalue weighted by molar-refractivity contribution is 0.0920. The van der Waals surface area contributed by atoms with E-state index in [0.29, 0.717) is 17.3 Å². The van der Waals surface area contributed by atoms with Gasteiger partial charge in [0.25, 0.3) is 5.91 Å². The summed E-state index contributed by atoms with van der Waals surface area (Å²) in [5, 5.41) is 3.07. The van der Waals surface area contributed by atoms with Crippen LogP contribution in [-0.2, 0) is 0 Å². The van der Waals surface area contributed by atoms with Crippen LogP contribution in [-0.4, -0.2) is 16.9 Å². The van der Waals surface area contributed by atoms with Crippen molar-refractivity contribution in [3.8, 4) is 0 Å². The van der Waals surface area contributed by atoms with Crippen molar-refractivity contribution in [2.24, 2.45) is 11.8 Å². The number of hydrazine groups is 1. The molecule has 5 heteroatoms. The summed E-state index contributed by atoms with van der Waals surface area (Å²) in [5.74, 6) is 6.26. The molecule has 1 fully saturated rings. The second kappa shape index (κ2) is 6.52. The van der Waals surface area contributed by atoms with Gasteiger partial charge in [0.2, 0.25) is 0 Å². The molecule has 2 rings (SSSR count). The Hall–Kier alpha value is -1.62. The summed E-state index contributed by atoms with van der Waals surface area (Å²) in [4.78, 5) is 16.3. The zero-order valence-corrected chi connectivity index (χ0v) is 11.4. The van der Waals surface area contributed by atoms with Crippen molar-refractivity contribution in [1.29, 1.82) is 0 Å². The molecule has 0 aromatic carbocycles. The SMILES string of the molecule is CC(NC(=O)c1cccnc1NN)C1CCCCC1. The van der Waals surface area contributed by atoms with Crippen LogP contribution in [0.3, 0.4) is 0 Å². The van der Waals surface area contributed by atoms with Gasteiger partial charge in [0.05, 0.1) is 5.56 Å². The van der Waals surface area contributed by atoms with Crippen LogP contribution in [0.15, 0.2) is 18.3 Å². The largest absolute Gasteiger partial charge is 0.349 e. The minimum Gasteiger partial charge on any atom is -0.349 e. The highest BCUT2D eigenvalue weighted by atomic mass is 16.1. The van der Waals surface area contributed by atoms with E-state index in [4.69, 9.17) is 5.84 Å². The Morgan fingerprint density at radius 3 is 2.84 bits per heavy atom. The van der Waals surface area contributed by atoms with Gasteiger partial charge in [-0.3, -0.25) is 4.79 Å². The third kappa shape index (κ3) is 3.44. The summed E-state index contributed by atoms with van der Waals surface area (Å²) in [5.41, 5.74) is 2.95. The van der Waals surface area contributed by atoms with Gasteiger partial charge in [0, 0.05) is 12.2 Å². The van der Waals surface area contributed by atoms with Gasteiger partial charge in [-0.05, 0) is 37.8 Å². The fraction of sp³-hybridized carbons (Fsp3) is 0.571. The van der Waals surface area contributed by atoms with Gasteiger partial charge in [0.15, 0.2) is 5.82 Å². The van der Waals surface area contributed by atoms with E-state index in [1.54, 1.807) is 18.3 Å². The second-order valence-corrected chi connectivity index (χ2v) is 5.20. The minimum absolute atomic E-state index is 0.112. The predicted octanol–water partition coefficient (Wildman–Crippen LogP) is 2.07. The molecule has 0 saturated heterocycles. The molecule has 1 aliphatic carbocycles. The summed E-state index contributed by atoms with van der Waals surface area (Å²) >= 11 is 0. The van der Waals surface area contributed by atoms with Crippen LogP contribution < -0.4 is 16.6 Å². The van der Waals surface area contributed by atoms with E-state index in [9.17, 15) is 4.79 Å². The fourth-order valence-electron chi connectivity index (χ4n) is 2.74. The van der Waals surface area contributed by atoms with Crippen molar-refractivity contribution in [3.05, 3.63) is 23.9 Å². The molecule has 1 aromatic rings. The van der Waals surface area contributed by atoms with Gasteiger partial charge in [0.1, 0.15) is 0 Å². The minimum atomic E-state index is -0.112. The van der Waals surface area contributed by atoms with Crippen LogP contribution in [0.1, 0.15) is 49.4 Å². The topological polar surface area (TPSA) is 80.0 Å². The summed E-state index contributed by atoms with van der Waals surface area (Å²) in [6.07, 6.45) is 7.88. The molecule has 0 spiro atoms. The van der Waals surface area contributed by atoms with Crippen LogP contribution in [0.2, 0.25) is 0 Å². The molecule has 104 valence electrons. The monoisotopic (exact) mass is 262 g/mol. The van der Waals surface area contributed by atoms with Crippen LogP contribution in [0.4, 0.5) is 5.82 Å². The number of anilines is 1. The third-order valence-corrected chi connectivity index (χ3v) is 3.90. The van der Waals surface area contributed by atoms with E-state index in [1.165, 1.54) is 32.1 Å². The van der Waals surface area contributed by atoms with Gasteiger partial charge >= 0.3 is 0 Å². The maximum absolute atomic E-state index is 12.2. The molecule has 1 atom stereocenters. The summed E-state index contributed by atoms with van der Waals surface area (Å²) in [6.45, 7) is 2.08. The first-order valence-electron chi connectivity index (χ1n) is 6.95. The lowest BCUT2D eigenvalue weighted by Crippen LogP contribution is -2.39. The number of nitrogens with one attached hydrogen (secondary N) is 2. The lowest BCUT2D eigenvalue weighted by Gasteiger charge is -2.28. The van der Waals surface area contributed by atoms with Crippen molar-refractivity contribution in [1.82, 2.24) is 10.3 Å². The molecule has 1 amide bonds. The number of rotatable bonds is 4. The quantitative estimate of drug-likeness (QED) is 0.573. The Balaban J connectivity index is 1.99. The lowest BCUT2D eigenvalue weighted by atomic mass is 9.84. The van der Waals surface area contributed by atoms with Gasteiger partial charge in [-0.25, -0.2) is 10.8 Å². The molecule has 5 nitrogen and oxygen atoms in total. The number of nitrogens with two attached hydrogens (primary N) is 1. The van der Waals surface area contributed by atoms with Crippen LogP contribution in [0.25, 0.3) is 0 Å². The Morgan fingerprint density at radius 1 is 1.42 bits per heavy atom. The first-order valence-corrected chi connectivity index (χ1v) is 6.95. The second-order valence-electron chi connectivity index (χ2n) is 5.20. The number of nitrogens with zero attached hydrogens (tertiary/aromatic N) is 1. The number of amides is 1. The van der Waals surface area contributed by atoms with Crippen molar-refractivity contribution in [2.75, 3.05) is 5.43 Å². The Morgan fingerprint density at radius 2 is 2.16 bits per heavy atom. The molecule has 4 N–H and O–H groups in total. The first-order chi connectivity index (χ1) is 9.22. The zero-order valence-electron chi connectivity index (χ0n) is 11.4. The number of aromatic nitrogens is 1. The zero-order chi connectivity index (χ0) is 13.7. The highest BCUT2D eigenvalue weighted by Gasteiger charge is 2.22. The molecule has 19 heavy (non-hydrogen) atoms. The van der Waals surface area contributed by atoms with E-state index in [-0.39, 0.29) is 11.9 Å². The fourth-order valence-corrected chi connectivity index (χ4v) is 2.74. The van der Waals surface area contributed by atoms with Gasteiger partial charge < -0.3 is 10.7 Å². The van der Waals surface area contributed by atoms with Crippen molar-refractivity contribution < 1.29 is 4.79 Å². The normalized spacial score (nSPS) is 17.8. The number of nitrogen functional groups attached to an aromatic ring is 1. The van der Waals surface area contributed by atoms with E-state index in [2.05, 4.69) is 22.7 Å². The van der Waals surface area contributed by atoms with Crippen molar-refractivity contribution in [3.63, 3.8) is 0 Å². The average Bonchev–Trinajstić information content (AvgIpc) is 2.48. The summed E-state index contributed by atoms with van der Waals surface area (Å²) in [6, 6.07) is 3.66. The molecule has 1 aromatic heterocycles.